The van der Waals surface area contributed by atoms with Gasteiger partial charge in [-0.1, -0.05) is 31.2 Å². The molecule has 8 nitrogen and oxygen atoms in total. The summed E-state index contributed by atoms with van der Waals surface area (Å²) in [4.78, 5) is 33.6. The number of ether oxygens (including phenoxy) is 2. The van der Waals surface area contributed by atoms with E-state index < -0.39 is 6.10 Å². The van der Waals surface area contributed by atoms with E-state index in [2.05, 4.69) is 4.98 Å². The molecule has 1 aromatic carbocycles. The average molecular weight is 456 g/mol. The number of hydrogen-bond donors (Lipinski definition) is 1. The summed E-state index contributed by atoms with van der Waals surface area (Å²) in [5.41, 5.74) is 3.22. The van der Waals surface area contributed by atoms with Crippen molar-refractivity contribution < 1.29 is 24.2 Å². The number of likely N-dealkylation sites (N-methyl/N-ethyl adjacent to an activating group) is 1. The van der Waals surface area contributed by atoms with Crippen molar-refractivity contribution in [3.05, 3.63) is 47.7 Å². The third-order valence-corrected chi connectivity index (χ3v) is 6.12. The number of aliphatic hydroxyl groups excluding tert-OH is 1. The van der Waals surface area contributed by atoms with E-state index in [-0.39, 0.29) is 42.9 Å². The Bertz CT molecular complexity index is 996. The quantitative estimate of drug-likeness (QED) is 0.689. The van der Waals surface area contributed by atoms with Crippen molar-refractivity contribution in [1.29, 1.82) is 0 Å². The fourth-order valence-electron chi connectivity index (χ4n) is 3.97. The van der Waals surface area contributed by atoms with Gasteiger partial charge in [0.1, 0.15) is 18.3 Å². The molecule has 3 rings (SSSR count). The highest BCUT2D eigenvalue weighted by molar-refractivity contribution is 5.98. The zero-order chi connectivity index (χ0) is 24.1. The number of aryl methyl sites for hydroxylation is 1. The Hall–Kier alpha value is -2.97. The lowest BCUT2D eigenvalue weighted by Gasteiger charge is -2.37. The summed E-state index contributed by atoms with van der Waals surface area (Å²) in [7, 11) is 3.18. The smallest absolute Gasteiger partial charge is 0.259 e. The van der Waals surface area contributed by atoms with E-state index in [0.29, 0.717) is 18.7 Å². The summed E-state index contributed by atoms with van der Waals surface area (Å²) in [6, 6.07) is 9.34. The minimum atomic E-state index is -0.395. The molecule has 0 saturated carbocycles. The number of aliphatic hydroxyl groups is 1. The fraction of sp³-hybridized carbons (Fsp3) is 0.480. The molecule has 3 atom stereocenters. The minimum Gasteiger partial charge on any atom is -0.472 e. The number of methoxy groups -OCH3 is 1. The molecule has 1 N–H and O–H groups in total. The van der Waals surface area contributed by atoms with Gasteiger partial charge >= 0.3 is 0 Å². The first-order valence-corrected chi connectivity index (χ1v) is 11.1. The van der Waals surface area contributed by atoms with E-state index in [9.17, 15) is 14.7 Å². The zero-order valence-electron chi connectivity index (χ0n) is 19.9. The topological polar surface area (TPSA) is 92.2 Å². The van der Waals surface area contributed by atoms with E-state index in [4.69, 9.17) is 9.47 Å². The van der Waals surface area contributed by atoms with Crippen LogP contribution < -0.4 is 4.74 Å². The molecule has 8 heteroatoms. The van der Waals surface area contributed by atoms with Gasteiger partial charge in [-0.25, -0.2) is 4.98 Å². The molecule has 0 spiro atoms. The van der Waals surface area contributed by atoms with Crippen LogP contribution in [0.15, 0.2) is 36.5 Å². The monoisotopic (exact) mass is 455 g/mol. The molecule has 1 aliphatic rings. The lowest BCUT2D eigenvalue weighted by Crippen LogP contribution is -2.50. The molecule has 178 valence electrons. The van der Waals surface area contributed by atoms with Crippen molar-refractivity contribution >= 4 is 11.8 Å². The van der Waals surface area contributed by atoms with Crippen molar-refractivity contribution in [2.24, 2.45) is 5.92 Å². The molecule has 33 heavy (non-hydrogen) atoms. The van der Waals surface area contributed by atoms with E-state index in [1.54, 1.807) is 29.1 Å². The first kappa shape index (κ1) is 24.7. The molecule has 0 aliphatic carbocycles. The maximum Gasteiger partial charge on any atom is 0.259 e. The Kier molecular flexibility index (Phi) is 8.05. The third-order valence-electron chi connectivity index (χ3n) is 6.12. The molecular formula is C25H33N3O5. The minimum absolute atomic E-state index is 0.0155. The Morgan fingerprint density at radius 2 is 2.09 bits per heavy atom. The van der Waals surface area contributed by atoms with Crippen LogP contribution in [-0.4, -0.2) is 84.3 Å². The van der Waals surface area contributed by atoms with Crippen LogP contribution in [-0.2, 0) is 9.53 Å². The number of amides is 2. The van der Waals surface area contributed by atoms with Gasteiger partial charge in [-0.3, -0.25) is 9.59 Å². The van der Waals surface area contributed by atoms with Gasteiger partial charge in [-0.05, 0) is 31.0 Å². The Morgan fingerprint density at radius 3 is 2.76 bits per heavy atom. The SMILES string of the molecule is COCC(=O)N(C)C[C@H]1Oc2ncc(-c3ccccc3C)cc2C(=O)N([C@@H](C)CO)C[C@@H]1C. The number of aromatic nitrogens is 1. The van der Waals surface area contributed by atoms with Gasteiger partial charge in [-0.15, -0.1) is 0 Å². The van der Waals surface area contributed by atoms with Crippen LogP contribution in [0.25, 0.3) is 11.1 Å². The number of hydrogen-bond acceptors (Lipinski definition) is 6. The Labute approximate surface area is 195 Å². The average Bonchev–Trinajstić information content (AvgIpc) is 2.81. The maximum absolute atomic E-state index is 13.5. The van der Waals surface area contributed by atoms with Crippen LogP contribution in [0.1, 0.15) is 29.8 Å². The predicted molar refractivity (Wildman–Crippen MR) is 125 cm³/mol. The molecular weight excluding hydrogens is 422 g/mol. The largest absolute Gasteiger partial charge is 0.472 e. The number of carbonyl (C=O) groups is 2. The highest BCUT2D eigenvalue weighted by Gasteiger charge is 2.34. The van der Waals surface area contributed by atoms with Gasteiger partial charge in [0.15, 0.2) is 0 Å². The van der Waals surface area contributed by atoms with Crippen LogP contribution in [0.3, 0.4) is 0 Å². The second-order valence-corrected chi connectivity index (χ2v) is 8.72. The molecule has 0 unspecified atom stereocenters. The molecule has 2 heterocycles. The highest BCUT2D eigenvalue weighted by atomic mass is 16.5. The number of nitrogens with zero attached hydrogens (tertiary/aromatic N) is 3. The summed E-state index contributed by atoms with van der Waals surface area (Å²) < 4.78 is 11.2. The van der Waals surface area contributed by atoms with Gasteiger partial charge in [-0.2, -0.15) is 0 Å². The number of carbonyl (C=O) groups excluding carboxylic acids is 2. The zero-order valence-corrected chi connectivity index (χ0v) is 19.9. The summed E-state index contributed by atoms with van der Waals surface area (Å²) in [6.45, 7) is 6.32. The van der Waals surface area contributed by atoms with E-state index in [1.807, 2.05) is 45.0 Å². The van der Waals surface area contributed by atoms with Gasteiger partial charge in [0.25, 0.3) is 5.91 Å². The summed E-state index contributed by atoms with van der Waals surface area (Å²) in [5.74, 6) is -0.262. The summed E-state index contributed by atoms with van der Waals surface area (Å²) >= 11 is 0. The molecule has 0 saturated heterocycles. The normalized spacial score (nSPS) is 19.2. The summed E-state index contributed by atoms with van der Waals surface area (Å²) in [6.07, 6.45) is 1.31. The number of pyridine rings is 1. The van der Waals surface area contributed by atoms with Gasteiger partial charge in [0.05, 0.1) is 19.2 Å². The standard InChI is InChI=1S/C25H33N3O5/c1-16-8-6-7-9-20(16)19-10-21-24(26-11-19)33-22(13-27(4)23(30)15-32-5)17(2)12-28(25(21)31)18(3)14-29/h6-11,17-18,22,29H,12-15H2,1-5H3/t17-,18-,22+/m0/s1. The lowest BCUT2D eigenvalue weighted by molar-refractivity contribution is -0.135. The third kappa shape index (κ3) is 5.51. The molecule has 0 fully saturated rings. The van der Waals surface area contributed by atoms with Crippen LogP contribution >= 0.6 is 0 Å². The highest BCUT2D eigenvalue weighted by Crippen LogP contribution is 2.31. The molecule has 0 radical (unpaired) electrons. The fourth-order valence-corrected chi connectivity index (χ4v) is 3.97. The first-order chi connectivity index (χ1) is 15.8. The van der Waals surface area contributed by atoms with Crippen molar-refractivity contribution in [2.75, 3.05) is 40.5 Å². The van der Waals surface area contributed by atoms with Gasteiger partial charge in [0, 0.05) is 38.4 Å². The van der Waals surface area contributed by atoms with Crippen LogP contribution in [0.4, 0.5) is 0 Å². The Balaban J connectivity index is 2.02. The van der Waals surface area contributed by atoms with Gasteiger partial charge < -0.3 is 24.4 Å². The van der Waals surface area contributed by atoms with Crippen LogP contribution in [0.5, 0.6) is 5.88 Å². The van der Waals surface area contributed by atoms with Crippen molar-refractivity contribution in [3.8, 4) is 17.0 Å². The second kappa shape index (κ2) is 10.8. The van der Waals surface area contributed by atoms with Crippen LogP contribution in [0.2, 0.25) is 0 Å². The van der Waals surface area contributed by atoms with E-state index >= 15 is 0 Å². The van der Waals surface area contributed by atoms with E-state index in [1.165, 1.54) is 7.11 Å². The molecule has 1 aromatic heterocycles. The molecule has 1 aliphatic heterocycles. The molecule has 2 amide bonds. The van der Waals surface area contributed by atoms with Crippen molar-refractivity contribution in [1.82, 2.24) is 14.8 Å². The van der Waals surface area contributed by atoms with Crippen molar-refractivity contribution in [2.45, 2.75) is 32.9 Å². The second-order valence-electron chi connectivity index (χ2n) is 8.72. The van der Waals surface area contributed by atoms with Gasteiger partial charge in [0.2, 0.25) is 11.8 Å². The molecule has 2 aromatic rings. The van der Waals surface area contributed by atoms with Crippen LogP contribution in [0, 0.1) is 12.8 Å². The maximum atomic E-state index is 13.5. The number of benzene rings is 1. The van der Waals surface area contributed by atoms with Crippen molar-refractivity contribution in [3.63, 3.8) is 0 Å². The van der Waals surface area contributed by atoms with E-state index in [0.717, 1.165) is 16.7 Å². The Morgan fingerprint density at radius 1 is 1.36 bits per heavy atom. The molecule has 0 bridgehead atoms. The lowest BCUT2D eigenvalue weighted by atomic mass is 9.98. The number of fused-ring (bicyclic) bond motifs is 1. The predicted octanol–water partition coefficient (Wildman–Crippen LogP) is 2.38. The summed E-state index contributed by atoms with van der Waals surface area (Å²) in [5, 5.41) is 9.81. The number of rotatable bonds is 7. The first-order valence-electron chi connectivity index (χ1n) is 11.1.